The number of pyridine rings is 1. The van der Waals surface area contributed by atoms with Crippen molar-refractivity contribution >= 4 is 21.7 Å². The van der Waals surface area contributed by atoms with Crippen LogP contribution in [-0.2, 0) is 0 Å². The summed E-state index contributed by atoms with van der Waals surface area (Å²) in [6.07, 6.45) is 1.86. The van der Waals surface area contributed by atoms with Crippen LogP contribution >= 0.6 is 11.5 Å². The predicted octanol–water partition coefficient (Wildman–Crippen LogP) is 2.81. The lowest BCUT2D eigenvalue weighted by atomic mass is 10.1. The van der Waals surface area contributed by atoms with Crippen LogP contribution in [-0.4, -0.2) is 9.36 Å². The van der Waals surface area contributed by atoms with Crippen molar-refractivity contribution < 1.29 is 0 Å². The van der Waals surface area contributed by atoms with E-state index in [1.54, 1.807) is 0 Å². The van der Waals surface area contributed by atoms with Crippen molar-refractivity contribution in [3.05, 3.63) is 24.0 Å². The van der Waals surface area contributed by atoms with Gasteiger partial charge in [-0.05, 0) is 29.6 Å². The fourth-order valence-electron chi connectivity index (χ4n) is 1.09. The lowest BCUT2D eigenvalue weighted by molar-refractivity contribution is 0.831. The normalized spacial score (nSPS) is 11.2. The highest BCUT2D eigenvalue weighted by Crippen LogP contribution is 2.19. The van der Waals surface area contributed by atoms with Crippen LogP contribution in [0.3, 0.4) is 0 Å². The third-order valence-electron chi connectivity index (χ3n) is 1.83. The summed E-state index contributed by atoms with van der Waals surface area (Å²) in [6.45, 7) is 4.30. The predicted molar refractivity (Wildman–Crippen MR) is 51.5 cm³/mol. The molecule has 0 fully saturated rings. The third-order valence-corrected chi connectivity index (χ3v) is 2.54. The Balaban J connectivity index is 2.60. The maximum absolute atomic E-state index is 4.49. The van der Waals surface area contributed by atoms with Gasteiger partial charge in [-0.1, -0.05) is 13.8 Å². The summed E-state index contributed by atoms with van der Waals surface area (Å²) >= 11 is 1.46. The summed E-state index contributed by atoms with van der Waals surface area (Å²) in [7, 11) is 0. The van der Waals surface area contributed by atoms with Gasteiger partial charge in [-0.3, -0.25) is 0 Å². The molecular weight excluding hydrogens is 168 g/mol. The molecule has 0 aliphatic carbocycles. The lowest BCUT2D eigenvalue weighted by Gasteiger charge is -2.01. The second-order valence-electron chi connectivity index (χ2n) is 3.11. The summed E-state index contributed by atoms with van der Waals surface area (Å²) in [5.74, 6) is 0.497. The van der Waals surface area contributed by atoms with Crippen LogP contribution in [0.25, 0.3) is 10.2 Å². The molecule has 0 atom stereocenters. The van der Waals surface area contributed by atoms with Gasteiger partial charge in [0.2, 0.25) is 0 Å². The standard InChI is InChI=1S/C9H10N2S/c1-6(2)8-4-3-7-5-10-12-9(7)11-8/h3-6H,1-2H3. The number of hydrogen-bond acceptors (Lipinski definition) is 3. The van der Waals surface area contributed by atoms with E-state index in [1.807, 2.05) is 6.20 Å². The second kappa shape index (κ2) is 2.83. The molecule has 0 aromatic carbocycles. The fourth-order valence-corrected chi connectivity index (χ4v) is 1.73. The molecule has 0 N–H and O–H groups in total. The smallest absolute Gasteiger partial charge is 0.143 e. The Labute approximate surface area is 75.4 Å². The van der Waals surface area contributed by atoms with Crippen molar-refractivity contribution in [1.82, 2.24) is 9.36 Å². The molecule has 0 bridgehead atoms. The lowest BCUT2D eigenvalue weighted by Crippen LogP contribution is -1.90. The molecule has 2 nitrogen and oxygen atoms in total. The first-order chi connectivity index (χ1) is 5.77. The van der Waals surface area contributed by atoms with Gasteiger partial charge in [0.1, 0.15) is 4.83 Å². The molecule has 0 unspecified atom stereocenters. The van der Waals surface area contributed by atoms with Crippen LogP contribution < -0.4 is 0 Å². The van der Waals surface area contributed by atoms with E-state index in [0.717, 1.165) is 15.9 Å². The monoisotopic (exact) mass is 178 g/mol. The van der Waals surface area contributed by atoms with Crippen LogP contribution in [0.4, 0.5) is 0 Å². The van der Waals surface area contributed by atoms with E-state index in [1.165, 1.54) is 11.5 Å². The van der Waals surface area contributed by atoms with Gasteiger partial charge in [-0.25, -0.2) is 4.98 Å². The summed E-state index contributed by atoms with van der Waals surface area (Å²) < 4.78 is 4.08. The first-order valence-corrected chi connectivity index (χ1v) is 4.76. The maximum atomic E-state index is 4.49. The minimum Gasteiger partial charge on any atom is -0.240 e. The number of hydrogen-bond donors (Lipinski definition) is 0. The van der Waals surface area contributed by atoms with E-state index < -0.39 is 0 Å². The molecule has 62 valence electrons. The van der Waals surface area contributed by atoms with Gasteiger partial charge in [-0.15, -0.1) is 0 Å². The van der Waals surface area contributed by atoms with E-state index in [-0.39, 0.29) is 0 Å². The summed E-state index contributed by atoms with van der Waals surface area (Å²) in [4.78, 5) is 5.53. The van der Waals surface area contributed by atoms with E-state index in [9.17, 15) is 0 Å². The zero-order valence-corrected chi connectivity index (χ0v) is 7.93. The quantitative estimate of drug-likeness (QED) is 0.671. The molecule has 3 heteroatoms. The molecule has 0 saturated heterocycles. The third kappa shape index (κ3) is 1.20. The first-order valence-electron chi connectivity index (χ1n) is 3.98. The highest BCUT2D eigenvalue weighted by Gasteiger charge is 2.02. The van der Waals surface area contributed by atoms with E-state index in [4.69, 9.17) is 0 Å². The summed E-state index contributed by atoms with van der Waals surface area (Å²) in [5.41, 5.74) is 1.15. The van der Waals surface area contributed by atoms with Gasteiger partial charge >= 0.3 is 0 Å². The molecular formula is C9H10N2S. The Hall–Kier alpha value is -0.960. The Kier molecular flexibility index (Phi) is 1.81. The van der Waals surface area contributed by atoms with Crippen LogP contribution in [0.5, 0.6) is 0 Å². The van der Waals surface area contributed by atoms with E-state index >= 15 is 0 Å². The van der Waals surface area contributed by atoms with Crippen molar-refractivity contribution in [3.8, 4) is 0 Å². The summed E-state index contributed by atoms with van der Waals surface area (Å²) in [5, 5.41) is 1.14. The number of rotatable bonds is 1. The molecule has 2 rings (SSSR count). The Morgan fingerprint density at radius 3 is 2.92 bits per heavy atom. The molecule has 0 aliphatic heterocycles. The van der Waals surface area contributed by atoms with Crippen molar-refractivity contribution in [2.24, 2.45) is 0 Å². The van der Waals surface area contributed by atoms with Gasteiger partial charge in [0.05, 0.1) is 6.20 Å². The molecule has 2 aromatic rings. The molecule has 0 saturated carbocycles. The van der Waals surface area contributed by atoms with Gasteiger partial charge in [0, 0.05) is 11.1 Å². The van der Waals surface area contributed by atoms with Crippen LogP contribution in [0, 0.1) is 0 Å². The zero-order valence-electron chi connectivity index (χ0n) is 7.11. The second-order valence-corrected chi connectivity index (χ2v) is 3.89. The molecule has 0 radical (unpaired) electrons. The summed E-state index contributed by atoms with van der Waals surface area (Å²) in [6, 6.07) is 4.16. The highest BCUT2D eigenvalue weighted by atomic mass is 32.1. The Bertz CT molecular complexity index is 392. The average Bonchev–Trinajstić information content (AvgIpc) is 2.49. The Morgan fingerprint density at radius 2 is 2.17 bits per heavy atom. The van der Waals surface area contributed by atoms with Crippen molar-refractivity contribution in [2.45, 2.75) is 19.8 Å². The minimum atomic E-state index is 0.497. The van der Waals surface area contributed by atoms with E-state index in [0.29, 0.717) is 5.92 Å². The van der Waals surface area contributed by atoms with Crippen molar-refractivity contribution in [3.63, 3.8) is 0 Å². The van der Waals surface area contributed by atoms with Gasteiger partial charge in [0.15, 0.2) is 0 Å². The maximum Gasteiger partial charge on any atom is 0.143 e. The largest absolute Gasteiger partial charge is 0.240 e. The molecule has 0 aliphatic rings. The average molecular weight is 178 g/mol. The molecule has 2 heterocycles. The number of nitrogens with zero attached hydrogens (tertiary/aromatic N) is 2. The Morgan fingerprint density at radius 1 is 1.33 bits per heavy atom. The first kappa shape index (κ1) is 7.68. The van der Waals surface area contributed by atoms with Crippen LogP contribution in [0.1, 0.15) is 25.5 Å². The molecule has 0 spiro atoms. The SMILES string of the molecule is CC(C)c1ccc2cnsc2n1. The van der Waals surface area contributed by atoms with Gasteiger partial charge in [0.25, 0.3) is 0 Å². The topological polar surface area (TPSA) is 25.8 Å². The molecule has 0 amide bonds. The van der Waals surface area contributed by atoms with Crippen LogP contribution in [0.2, 0.25) is 0 Å². The van der Waals surface area contributed by atoms with Crippen LogP contribution in [0.15, 0.2) is 18.3 Å². The van der Waals surface area contributed by atoms with Crippen molar-refractivity contribution in [2.75, 3.05) is 0 Å². The van der Waals surface area contributed by atoms with E-state index in [2.05, 4.69) is 35.3 Å². The van der Waals surface area contributed by atoms with Gasteiger partial charge in [-0.2, -0.15) is 4.37 Å². The van der Waals surface area contributed by atoms with Crippen molar-refractivity contribution in [1.29, 1.82) is 0 Å². The molecule has 12 heavy (non-hydrogen) atoms. The minimum absolute atomic E-state index is 0.497. The fraction of sp³-hybridized carbons (Fsp3) is 0.333. The zero-order chi connectivity index (χ0) is 8.55. The number of aromatic nitrogens is 2. The van der Waals surface area contributed by atoms with Gasteiger partial charge < -0.3 is 0 Å². The highest BCUT2D eigenvalue weighted by molar-refractivity contribution is 7.12. The number of fused-ring (bicyclic) bond motifs is 1. The molecule has 2 aromatic heterocycles.